The van der Waals surface area contributed by atoms with Gasteiger partial charge in [-0.1, -0.05) is 6.07 Å². The lowest BCUT2D eigenvalue weighted by Gasteiger charge is -2.29. The molecule has 102 valence electrons. The van der Waals surface area contributed by atoms with Crippen molar-refractivity contribution in [1.29, 1.82) is 0 Å². The van der Waals surface area contributed by atoms with Gasteiger partial charge in [-0.2, -0.15) is 0 Å². The Kier molecular flexibility index (Phi) is 2.90. The standard InChI is InChI=1S/C14H11NO5/c16-13(9-4-6-19-8-9)15-5-7-20-12-10(14(17)18)2-1-3-11(12)15/h1-4,6,8H,5,7H2,(H,17,18). The van der Waals surface area contributed by atoms with E-state index in [0.717, 1.165) is 0 Å². The van der Waals surface area contributed by atoms with Crippen LogP contribution in [-0.2, 0) is 0 Å². The molecule has 6 heteroatoms. The van der Waals surface area contributed by atoms with Crippen LogP contribution in [-0.4, -0.2) is 30.1 Å². The van der Waals surface area contributed by atoms with Gasteiger partial charge in [0.05, 0.1) is 24.1 Å². The first kappa shape index (κ1) is 12.3. The maximum atomic E-state index is 12.4. The highest BCUT2D eigenvalue weighted by Gasteiger charge is 2.28. The number of nitrogens with zero attached hydrogens (tertiary/aromatic N) is 1. The summed E-state index contributed by atoms with van der Waals surface area (Å²) in [7, 11) is 0. The van der Waals surface area contributed by atoms with Crippen LogP contribution in [0.4, 0.5) is 5.69 Å². The molecule has 0 spiro atoms. The summed E-state index contributed by atoms with van der Waals surface area (Å²) in [5, 5.41) is 9.15. The highest BCUT2D eigenvalue weighted by molar-refractivity contribution is 6.08. The molecular weight excluding hydrogens is 262 g/mol. The molecule has 0 saturated carbocycles. The fourth-order valence-electron chi connectivity index (χ4n) is 2.17. The number of amides is 1. The molecular formula is C14H11NO5. The van der Waals surface area contributed by atoms with Crippen LogP contribution in [0.1, 0.15) is 20.7 Å². The van der Waals surface area contributed by atoms with Crippen molar-refractivity contribution >= 4 is 17.6 Å². The zero-order valence-electron chi connectivity index (χ0n) is 10.4. The summed E-state index contributed by atoms with van der Waals surface area (Å²) >= 11 is 0. The number of hydrogen-bond donors (Lipinski definition) is 1. The van der Waals surface area contributed by atoms with Crippen molar-refractivity contribution in [3.63, 3.8) is 0 Å². The highest BCUT2D eigenvalue weighted by Crippen LogP contribution is 2.35. The number of aromatic carboxylic acids is 1. The van der Waals surface area contributed by atoms with E-state index in [1.54, 1.807) is 18.2 Å². The molecule has 1 amide bonds. The second-order valence-electron chi connectivity index (χ2n) is 4.28. The smallest absolute Gasteiger partial charge is 0.339 e. The average molecular weight is 273 g/mol. The first-order chi connectivity index (χ1) is 9.68. The zero-order valence-corrected chi connectivity index (χ0v) is 10.4. The lowest BCUT2D eigenvalue weighted by molar-refractivity contribution is 0.0690. The fraction of sp³-hybridized carbons (Fsp3) is 0.143. The Morgan fingerprint density at radius 1 is 1.25 bits per heavy atom. The second-order valence-corrected chi connectivity index (χ2v) is 4.28. The van der Waals surface area contributed by atoms with Gasteiger partial charge in [-0.15, -0.1) is 0 Å². The maximum absolute atomic E-state index is 12.4. The SMILES string of the molecule is O=C(O)c1cccc2c1OCCN2C(=O)c1ccoc1. The molecule has 0 fully saturated rings. The molecule has 0 saturated heterocycles. The fourth-order valence-corrected chi connectivity index (χ4v) is 2.17. The van der Waals surface area contributed by atoms with Crippen LogP contribution in [0, 0.1) is 0 Å². The number of carbonyl (C=O) groups excluding carboxylic acids is 1. The third-order valence-corrected chi connectivity index (χ3v) is 3.09. The molecule has 0 atom stereocenters. The Balaban J connectivity index is 2.05. The van der Waals surface area contributed by atoms with Crippen molar-refractivity contribution in [2.45, 2.75) is 0 Å². The Morgan fingerprint density at radius 3 is 2.80 bits per heavy atom. The average Bonchev–Trinajstić information content (AvgIpc) is 2.99. The van der Waals surface area contributed by atoms with Crippen LogP contribution in [0.3, 0.4) is 0 Å². The molecule has 1 aromatic carbocycles. The van der Waals surface area contributed by atoms with Gasteiger partial charge in [-0.3, -0.25) is 4.79 Å². The van der Waals surface area contributed by atoms with Crippen molar-refractivity contribution in [2.75, 3.05) is 18.1 Å². The monoisotopic (exact) mass is 273 g/mol. The third kappa shape index (κ3) is 1.91. The molecule has 2 heterocycles. The quantitative estimate of drug-likeness (QED) is 0.905. The molecule has 1 aliphatic heterocycles. The molecule has 0 unspecified atom stereocenters. The third-order valence-electron chi connectivity index (χ3n) is 3.09. The number of benzene rings is 1. The van der Waals surface area contributed by atoms with E-state index in [9.17, 15) is 9.59 Å². The van der Waals surface area contributed by atoms with Crippen LogP contribution < -0.4 is 9.64 Å². The van der Waals surface area contributed by atoms with Crippen molar-refractivity contribution in [3.8, 4) is 5.75 Å². The normalized spacial score (nSPS) is 13.5. The number of carboxylic acid groups (broad SMARTS) is 1. The molecule has 0 aliphatic carbocycles. The van der Waals surface area contributed by atoms with Gasteiger partial charge in [0.15, 0.2) is 5.75 Å². The highest BCUT2D eigenvalue weighted by atomic mass is 16.5. The van der Waals surface area contributed by atoms with Gasteiger partial charge >= 0.3 is 5.97 Å². The van der Waals surface area contributed by atoms with Crippen molar-refractivity contribution in [1.82, 2.24) is 0 Å². The summed E-state index contributed by atoms with van der Waals surface area (Å²) in [5.41, 5.74) is 0.924. The van der Waals surface area contributed by atoms with E-state index in [1.807, 2.05) is 0 Å². The topological polar surface area (TPSA) is 80.0 Å². The van der Waals surface area contributed by atoms with Crippen LogP contribution in [0.25, 0.3) is 0 Å². The number of para-hydroxylation sites is 1. The Morgan fingerprint density at radius 2 is 2.10 bits per heavy atom. The molecule has 0 radical (unpaired) electrons. The number of anilines is 1. The molecule has 1 aliphatic rings. The lowest BCUT2D eigenvalue weighted by atomic mass is 10.1. The Bertz CT molecular complexity index is 662. The maximum Gasteiger partial charge on any atom is 0.339 e. The number of carboxylic acids is 1. The van der Waals surface area contributed by atoms with Crippen molar-refractivity contribution in [3.05, 3.63) is 47.9 Å². The van der Waals surface area contributed by atoms with Gasteiger partial charge in [0.25, 0.3) is 5.91 Å². The zero-order chi connectivity index (χ0) is 14.1. The number of furan rings is 1. The van der Waals surface area contributed by atoms with Gasteiger partial charge in [-0.25, -0.2) is 4.79 Å². The number of carbonyl (C=O) groups is 2. The van der Waals surface area contributed by atoms with E-state index in [4.69, 9.17) is 14.3 Å². The van der Waals surface area contributed by atoms with E-state index in [0.29, 0.717) is 17.8 Å². The Hall–Kier alpha value is -2.76. The first-order valence-electron chi connectivity index (χ1n) is 6.01. The summed E-state index contributed by atoms with van der Waals surface area (Å²) in [6.45, 7) is 0.612. The summed E-state index contributed by atoms with van der Waals surface area (Å²) in [4.78, 5) is 25.0. The summed E-state index contributed by atoms with van der Waals surface area (Å²) < 4.78 is 10.3. The molecule has 6 nitrogen and oxygen atoms in total. The predicted octanol–water partition coefficient (Wildman–Crippen LogP) is 2.02. The summed E-state index contributed by atoms with van der Waals surface area (Å²) in [6, 6.07) is 6.27. The number of ether oxygens (including phenoxy) is 1. The van der Waals surface area contributed by atoms with Crippen LogP contribution in [0.5, 0.6) is 5.75 Å². The Labute approximate surface area is 114 Å². The number of rotatable bonds is 2. The molecule has 1 aromatic heterocycles. The lowest BCUT2D eigenvalue weighted by Crippen LogP contribution is -2.38. The number of hydrogen-bond acceptors (Lipinski definition) is 4. The minimum Gasteiger partial charge on any atom is -0.489 e. The van der Waals surface area contributed by atoms with E-state index in [2.05, 4.69) is 0 Å². The van der Waals surface area contributed by atoms with Crippen LogP contribution in [0.15, 0.2) is 41.2 Å². The largest absolute Gasteiger partial charge is 0.489 e. The van der Waals surface area contributed by atoms with Gasteiger partial charge in [0.2, 0.25) is 0 Å². The first-order valence-corrected chi connectivity index (χ1v) is 6.01. The van der Waals surface area contributed by atoms with Crippen molar-refractivity contribution in [2.24, 2.45) is 0 Å². The molecule has 1 N–H and O–H groups in total. The van der Waals surface area contributed by atoms with E-state index in [-0.39, 0.29) is 23.8 Å². The summed E-state index contributed by atoms with van der Waals surface area (Å²) in [5.74, 6) is -1.10. The van der Waals surface area contributed by atoms with E-state index in [1.165, 1.54) is 23.5 Å². The van der Waals surface area contributed by atoms with Gasteiger partial charge in [-0.05, 0) is 18.2 Å². The van der Waals surface area contributed by atoms with Crippen molar-refractivity contribution < 1.29 is 23.8 Å². The van der Waals surface area contributed by atoms with Gasteiger partial charge in [0, 0.05) is 0 Å². The molecule has 0 bridgehead atoms. The van der Waals surface area contributed by atoms with Gasteiger partial charge < -0.3 is 19.2 Å². The second kappa shape index (κ2) is 4.73. The molecule has 2 aromatic rings. The van der Waals surface area contributed by atoms with Crippen LogP contribution >= 0.6 is 0 Å². The number of fused-ring (bicyclic) bond motifs is 1. The minimum atomic E-state index is -1.08. The van der Waals surface area contributed by atoms with Gasteiger partial charge in [0.1, 0.15) is 18.4 Å². The van der Waals surface area contributed by atoms with E-state index >= 15 is 0 Å². The van der Waals surface area contributed by atoms with E-state index < -0.39 is 5.97 Å². The summed E-state index contributed by atoms with van der Waals surface area (Å²) in [6.07, 6.45) is 2.78. The predicted molar refractivity (Wildman–Crippen MR) is 69.3 cm³/mol. The molecule has 3 rings (SSSR count). The molecule has 20 heavy (non-hydrogen) atoms. The van der Waals surface area contributed by atoms with Crippen LogP contribution in [0.2, 0.25) is 0 Å². The minimum absolute atomic E-state index is 0.0483.